The molecule has 0 aromatic carbocycles. The number of likely N-dealkylation sites (N-methyl/N-ethyl adjacent to an activating group) is 1. The number of rotatable bonds is 60. The molecule has 3 unspecified atom stereocenters. The largest absolute Gasteiger partial charge is 0.472 e. The first-order valence-electron chi connectivity index (χ1n) is 33.0. The molecule has 0 saturated carbocycles. The predicted octanol–water partition coefficient (Wildman–Crippen LogP) is 20.5. The van der Waals surface area contributed by atoms with Crippen LogP contribution in [-0.2, 0) is 27.9 Å². The van der Waals surface area contributed by atoms with E-state index in [9.17, 15) is 19.0 Å². The molecular formula is C67H128N2O7P+. The maximum Gasteiger partial charge on any atom is 0.472 e. The van der Waals surface area contributed by atoms with E-state index in [4.69, 9.17) is 13.8 Å². The maximum absolute atomic E-state index is 13.6. The minimum absolute atomic E-state index is 0.0379. The number of nitrogens with one attached hydrogen (secondary N) is 1. The fraction of sp³-hybridized carbons (Fsp3) is 0.851. The standard InChI is InChI=1S/C67H127N2O7P/c1-7-10-13-16-19-22-25-28-29-30-31-32-33-34-35-36-37-38-39-42-44-47-50-53-56-59-66(70)68-64(63-75-77(72,73)74-62-61-69(4,5)6)65(58-55-52-49-46-43-40-26-23-20-17-14-11-8-2)76-67(71)60-57-54-51-48-45-41-27-24-21-18-15-12-9-3/h12,15,18,21,24,27,55,58,64-65H,7-11,13-14,16-17,19-20,22-23,25-26,28-54,56-57,59-63H2,1-6H3,(H-,68,70,72,73)/p+1/b15-12+,21-18+,27-24-,58-55-. The SMILES string of the molecule is CC/C=C/C=C/C=C\CCCCCCCC(=O)OC(/C=C\CCCCCCCCCCCCC)C(COP(=O)(O)OCC[N+](C)(C)C)NC(=O)CCCCCCCCCCCCCCCCCCCCCCCCCCC. The van der Waals surface area contributed by atoms with E-state index < -0.39 is 20.0 Å². The van der Waals surface area contributed by atoms with Gasteiger partial charge in [-0.05, 0) is 51.0 Å². The molecule has 10 heteroatoms. The molecule has 0 heterocycles. The topological polar surface area (TPSA) is 111 Å². The average molecular weight is 1100 g/mol. The van der Waals surface area contributed by atoms with Gasteiger partial charge in [0.15, 0.2) is 0 Å². The van der Waals surface area contributed by atoms with E-state index in [2.05, 4.69) is 62.5 Å². The van der Waals surface area contributed by atoms with Crippen molar-refractivity contribution in [1.29, 1.82) is 0 Å². The van der Waals surface area contributed by atoms with Crippen LogP contribution in [0.3, 0.4) is 0 Å². The van der Waals surface area contributed by atoms with E-state index in [0.717, 1.165) is 83.5 Å². The molecule has 0 rings (SSSR count). The van der Waals surface area contributed by atoms with E-state index >= 15 is 0 Å². The molecule has 0 aromatic rings. The van der Waals surface area contributed by atoms with Crippen molar-refractivity contribution in [3.63, 3.8) is 0 Å². The Balaban J connectivity index is 5.06. The van der Waals surface area contributed by atoms with Crippen LogP contribution in [0.5, 0.6) is 0 Å². The summed E-state index contributed by atoms with van der Waals surface area (Å²) in [4.78, 5) is 37.7. The molecule has 9 nitrogen and oxygen atoms in total. The Bertz CT molecular complexity index is 1460. The summed E-state index contributed by atoms with van der Waals surface area (Å²) >= 11 is 0. The zero-order valence-corrected chi connectivity index (χ0v) is 52.6. The lowest BCUT2D eigenvalue weighted by Crippen LogP contribution is -2.47. The third kappa shape index (κ3) is 58.4. The molecule has 0 aliphatic heterocycles. The van der Waals surface area contributed by atoms with Gasteiger partial charge in [0.1, 0.15) is 19.3 Å². The molecule has 0 aliphatic rings. The lowest BCUT2D eigenvalue weighted by Gasteiger charge is -2.27. The number of unbranched alkanes of at least 4 members (excludes halogenated alkanes) is 40. The predicted molar refractivity (Wildman–Crippen MR) is 332 cm³/mol. The number of nitrogens with zero attached hydrogens (tertiary/aromatic N) is 1. The van der Waals surface area contributed by atoms with E-state index in [0.29, 0.717) is 17.4 Å². The molecule has 0 aliphatic carbocycles. The Kier molecular flexibility index (Phi) is 55.7. The lowest BCUT2D eigenvalue weighted by molar-refractivity contribution is -0.870. The van der Waals surface area contributed by atoms with E-state index in [1.807, 2.05) is 33.3 Å². The molecule has 0 radical (unpaired) electrons. The van der Waals surface area contributed by atoms with Crippen molar-refractivity contribution in [3.8, 4) is 0 Å². The van der Waals surface area contributed by atoms with Gasteiger partial charge in [-0.25, -0.2) is 4.57 Å². The monoisotopic (exact) mass is 1100 g/mol. The van der Waals surface area contributed by atoms with Crippen molar-refractivity contribution in [2.45, 2.75) is 328 Å². The number of esters is 1. The summed E-state index contributed by atoms with van der Waals surface area (Å²) in [6.07, 6.45) is 71.3. The number of quaternary nitrogens is 1. The van der Waals surface area contributed by atoms with Gasteiger partial charge in [0.05, 0.1) is 33.8 Å². The summed E-state index contributed by atoms with van der Waals surface area (Å²) in [5.74, 6) is -0.516. The molecule has 77 heavy (non-hydrogen) atoms. The van der Waals surface area contributed by atoms with E-state index in [-0.39, 0.29) is 31.5 Å². The van der Waals surface area contributed by atoms with Gasteiger partial charge in [-0.2, -0.15) is 0 Å². The average Bonchev–Trinajstić information content (AvgIpc) is 3.39. The highest BCUT2D eigenvalue weighted by Gasteiger charge is 2.30. The molecule has 2 N–H and O–H groups in total. The third-order valence-corrected chi connectivity index (χ3v) is 15.8. The van der Waals surface area contributed by atoms with Crippen LogP contribution in [0.25, 0.3) is 0 Å². The molecule has 1 amide bonds. The summed E-state index contributed by atoms with van der Waals surface area (Å²) < 4.78 is 30.7. The number of phosphoric acid groups is 1. The summed E-state index contributed by atoms with van der Waals surface area (Å²) in [5.41, 5.74) is 0. The first-order valence-corrected chi connectivity index (χ1v) is 34.5. The van der Waals surface area contributed by atoms with Gasteiger partial charge in [-0.3, -0.25) is 18.6 Å². The number of hydrogen-bond donors (Lipinski definition) is 2. The van der Waals surface area contributed by atoms with Crippen LogP contribution >= 0.6 is 7.82 Å². The van der Waals surface area contributed by atoms with E-state index in [1.54, 1.807) is 0 Å². The second-order valence-electron chi connectivity index (χ2n) is 23.7. The highest BCUT2D eigenvalue weighted by atomic mass is 31.2. The molecule has 0 fully saturated rings. The normalized spacial score (nSPS) is 13.9. The van der Waals surface area contributed by atoms with Crippen LogP contribution in [0.15, 0.2) is 48.6 Å². The zero-order chi connectivity index (χ0) is 56.4. The van der Waals surface area contributed by atoms with Crippen LogP contribution in [0, 0.1) is 0 Å². The van der Waals surface area contributed by atoms with Gasteiger partial charge in [0, 0.05) is 12.8 Å². The fourth-order valence-electron chi connectivity index (χ4n) is 9.77. The van der Waals surface area contributed by atoms with Crippen LogP contribution in [0.4, 0.5) is 0 Å². The summed E-state index contributed by atoms with van der Waals surface area (Å²) in [7, 11) is 1.49. The van der Waals surface area contributed by atoms with Crippen molar-refractivity contribution in [2.75, 3.05) is 40.9 Å². The number of phosphoric ester groups is 1. The molecule has 0 spiro atoms. The van der Waals surface area contributed by atoms with Crippen LogP contribution in [0.1, 0.15) is 316 Å². The van der Waals surface area contributed by atoms with E-state index in [1.165, 1.54) is 199 Å². The van der Waals surface area contributed by atoms with Crippen LogP contribution in [0.2, 0.25) is 0 Å². The Hall–Kier alpha value is -2.03. The maximum atomic E-state index is 13.6. The number of hydrogen-bond acceptors (Lipinski definition) is 6. The second kappa shape index (κ2) is 57.2. The summed E-state index contributed by atoms with van der Waals surface area (Å²) in [6, 6.07) is -0.854. The Labute approximate surface area is 478 Å². The quantitative estimate of drug-likeness (QED) is 0.0156. The fourth-order valence-corrected chi connectivity index (χ4v) is 10.5. The van der Waals surface area contributed by atoms with Crippen molar-refractivity contribution in [2.24, 2.45) is 0 Å². The van der Waals surface area contributed by atoms with Gasteiger partial charge in [0.2, 0.25) is 5.91 Å². The van der Waals surface area contributed by atoms with Crippen molar-refractivity contribution < 1.29 is 37.3 Å². The molecule has 3 atom stereocenters. The molecule has 0 saturated heterocycles. The lowest BCUT2D eigenvalue weighted by atomic mass is 10.0. The number of carbonyl (C=O) groups excluding carboxylic acids is 2. The Morgan fingerprint density at radius 3 is 1.23 bits per heavy atom. The minimum Gasteiger partial charge on any atom is -0.456 e. The van der Waals surface area contributed by atoms with Crippen LogP contribution in [-0.4, -0.2) is 74.3 Å². The highest BCUT2D eigenvalue weighted by molar-refractivity contribution is 7.47. The molecule has 0 aromatic heterocycles. The minimum atomic E-state index is -4.45. The van der Waals surface area contributed by atoms with Gasteiger partial charge in [0.25, 0.3) is 0 Å². The Morgan fingerprint density at radius 1 is 0.468 bits per heavy atom. The van der Waals surface area contributed by atoms with Crippen molar-refractivity contribution in [1.82, 2.24) is 5.32 Å². The van der Waals surface area contributed by atoms with Gasteiger partial charge in [-0.15, -0.1) is 0 Å². The molecule has 452 valence electrons. The molecular weight excluding hydrogens is 976 g/mol. The third-order valence-electron chi connectivity index (χ3n) is 14.8. The number of allylic oxidation sites excluding steroid dienone is 7. The second-order valence-corrected chi connectivity index (χ2v) is 25.1. The number of ether oxygens (including phenoxy) is 1. The van der Waals surface area contributed by atoms with Crippen LogP contribution < -0.4 is 5.32 Å². The van der Waals surface area contributed by atoms with Crippen molar-refractivity contribution in [3.05, 3.63) is 48.6 Å². The highest BCUT2D eigenvalue weighted by Crippen LogP contribution is 2.43. The summed E-state index contributed by atoms with van der Waals surface area (Å²) in [6.45, 7) is 6.91. The first kappa shape index (κ1) is 75.0. The van der Waals surface area contributed by atoms with Gasteiger partial charge < -0.3 is 19.4 Å². The van der Waals surface area contributed by atoms with Crippen molar-refractivity contribution >= 4 is 19.7 Å². The smallest absolute Gasteiger partial charge is 0.456 e. The zero-order valence-electron chi connectivity index (χ0n) is 51.7. The first-order chi connectivity index (χ1) is 37.4. The van der Waals surface area contributed by atoms with Gasteiger partial charge in [-0.1, -0.05) is 301 Å². The van der Waals surface area contributed by atoms with Gasteiger partial charge >= 0.3 is 13.8 Å². The molecule has 0 bridgehead atoms. The number of amides is 1. The number of carbonyl (C=O) groups is 2. The Morgan fingerprint density at radius 2 is 0.831 bits per heavy atom. The summed E-state index contributed by atoms with van der Waals surface area (Å²) in [5, 5.41) is 3.06.